The molecule has 0 atom stereocenters. The summed E-state index contributed by atoms with van der Waals surface area (Å²) in [6, 6.07) is 0. The van der Waals surface area contributed by atoms with Gasteiger partial charge in [-0.2, -0.15) is 0 Å². The van der Waals surface area contributed by atoms with Gasteiger partial charge in [-0.15, -0.1) is 0 Å². The Morgan fingerprint density at radius 2 is 1.69 bits per heavy atom. The molecule has 1 aromatic rings. The molecule has 2 heteroatoms. The Bertz CT molecular complexity index is 383. The van der Waals surface area contributed by atoms with Crippen molar-refractivity contribution < 1.29 is 4.57 Å². The molecule has 0 amide bonds. The van der Waals surface area contributed by atoms with Crippen molar-refractivity contribution in [3.05, 3.63) is 18.7 Å². The second-order valence-corrected chi connectivity index (χ2v) is 6.52. The van der Waals surface area contributed by atoms with E-state index in [4.69, 9.17) is 0 Å². The van der Waals surface area contributed by atoms with Crippen LogP contribution in [0.4, 0.5) is 0 Å². The summed E-state index contributed by atoms with van der Waals surface area (Å²) in [5, 5.41) is 0. The van der Waals surface area contributed by atoms with Crippen LogP contribution in [-0.2, 0) is 12.6 Å². The predicted molar refractivity (Wildman–Crippen MR) is 60.6 cm³/mol. The molecule has 0 spiro atoms. The molecule has 0 unspecified atom stereocenters. The zero-order valence-corrected chi connectivity index (χ0v) is 10.0. The van der Waals surface area contributed by atoms with E-state index in [-0.39, 0.29) is 0 Å². The minimum atomic E-state index is 0.454. The first kappa shape index (κ1) is 9.26. The second-order valence-electron chi connectivity index (χ2n) is 6.52. The van der Waals surface area contributed by atoms with Crippen LogP contribution in [0, 0.1) is 24.1 Å². The van der Waals surface area contributed by atoms with Crippen molar-refractivity contribution in [1.82, 2.24) is 4.57 Å². The molecular formula is C14H20N2. The smallest absolute Gasteiger partial charge is 0.204 e. The zero-order chi connectivity index (χ0) is 10.8. The third-order valence-electron chi connectivity index (χ3n) is 5.22. The van der Waals surface area contributed by atoms with E-state index in [1.807, 2.05) is 0 Å². The summed E-state index contributed by atoms with van der Waals surface area (Å²) in [6.45, 7) is 0. The van der Waals surface area contributed by atoms with Crippen molar-refractivity contribution in [3.63, 3.8) is 0 Å². The van der Waals surface area contributed by atoms with Crippen LogP contribution in [0.25, 0.3) is 0 Å². The van der Waals surface area contributed by atoms with Crippen molar-refractivity contribution >= 4 is 0 Å². The molecule has 86 valence electrons. The van der Waals surface area contributed by atoms with Crippen molar-refractivity contribution in [2.75, 3.05) is 0 Å². The van der Waals surface area contributed by atoms with Gasteiger partial charge < -0.3 is 9.13 Å². The highest BCUT2D eigenvalue weighted by Gasteiger charge is 2.53. The van der Waals surface area contributed by atoms with Crippen LogP contribution in [-0.4, -0.2) is 4.57 Å². The highest BCUT2D eigenvalue weighted by atomic mass is 15.2. The second kappa shape index (κ2) is 2.91. The lowest BCUT2D eigenvalue weighted by molar-refractivity contribution is -0.675. The summed E-state index contributed by atoms with van der Waals surface area (Å²) in [6.07, 6.45) is 16.7. The van der Waals surface area contributed by atoms with E-state index in [1.54, 1.807) is 0 Å². The van der Waals surface area contributed by atoms with E-state index in [9.17, 15) is 0 Å². The summed E-state index contributed by atoms with van der Waals surface area (Å²) in [7, 11) is 2.08. The molecule has 4 fully saturated rings. The minimum Gasteiger partial charge on any atom is -0.354 e. The number of aryl methyl sites for hydroxylation is 1. The van der Waals surface area contributed by atoms with Crippen LogP contribution in [0.1, 0.15) is 38.5 Å². The van der Waals surface area contributed by atoms with Crippen LogP contribution in [0.3, 0.4) is 0 Å². The molecular weight excluding hydrogens is 196 g/mol. The molecule has 4 aliphatic rings. The molecule has 0 N–H and O–H groups in total. The lowest BCUT2D eigenvalue weighted by Crippen LogP contribution is -2.51. The van der Waals surface area contributed by atoms with Crippen molar-refractivity contribution in [3.8, 4) is 0 Å². The molecule has 0 aliphatic heterocycles. The zero-order valence-electron chi connectivity index (χ0n) is 10.0. The van der Waals surface area contributed by atoms with Crippen LogP contribution in [0.15, 0.2) is 12.4 Å². The number of rotatable bonds is 1. The number of hydrogen-bond donors (Lipinski definition) is 0. The lowest BCUT2D eigenvalue weighted by atomic mass is 9.53. The predicted octanol–water partition coefficient (Wildman–Crippen LogP) is 2.04. The Morgan fingerprint density at radius 1 is 1.12 bits per heavy atom. The highest BCUT2D eigenvalue weighted by Crippen LogP contribution is 2.58. The van der Waals surface area contributed by atoms with Crippen LogP contribution in [0.5, 0.6) is 0 Å². The summed E-state index contributed by atoms with van der Waals surface area (Å²) >= 11 is 0. The van der Waals surface area contributed by atoms with Crippen LogP contribution in [0.2, 0.25) is 0 Å². The van der Waals surface area contributed by atoms with Crippen LogP contribution >= 0.6 is 0 Å². The van der Waals surface area contributed by atoms with E-state index in [0.717, 1.165) is 17.8 Å². The maximum Gasteiger partial charge on any atom is 0.204 e. The molecule has 0 saturated heterocycles. The molecule has 0 radical (unpaired) electrons. The molecule has 16 heavy (non-hydrogen) atoms. The average molecular weight is 216 g/mol. The SMILES string of the molecule is C[n+]1[c-]n(C23CC4CC(CC(C4)C2)C3)cc1. The molecule has 4 saturated carbocycles. The topological polar surface area (TPSA) is 8.81 Å². The van der Waals surface area contributed by atoms with E-state index >= 15 is 0 Å². The summed E-state index contributed by atoms with van der Waals surface area (Å²) < 4.78 is 4.48. The Kier molecular flexibility index (Phi) is 1.68. The van der Waals surface area contributed by atoms with E-state index in [0.29, 0.717) is 5.54 Å². The molecule has 4 aliphatic carbocycles. The quantitative estimate of drug-likeness (QED) is 0.502. The van der Waals surface area contributed by atoms with Gasteiger partial charge in [0.1, 0.15) is 0 Å². The highest BCUT2D eigenvalue weighted by molar-refractivity contribution is 5.05. The Morgan fingerprint density at radius 3 is 2.12 bits per heavy atom. The third-order valence-corrected chi connectivity index (χ3v) is 5.22. The maximum atomic E-state index is 3.47. The largest absolute Gasteiger partial charge is 0.354 e. The number of nitrogens with zero attached hydrogens (tertiary/aromatic N) is 2. The lowest BCUT2D eigenvalue weighted by Gasteiger charge is -2.56. The van der Waals surface area contributed by atoms with Crippen molar-refractivity contribution in [2.45, 2.75) is 44.1 Å². The molecule has 4 bridgehead atoms. The van der Waals surface area contributed by atoms with E-state index in [2.05, 4.69) is 34.9 Å². The summed E-state index contributed by atoms with van der Waals surface area (Å²) in [5.41, 5.74) is 0.454. The van der Waals surface area contributed by atoms with E-state index < -0.39 is 0 Å². The van der Waals surface area contributed by atoms with Gasteiger partial charge in [0.05, 0.1) is 12.6 Å². The number of imidazole rings is 1. The normalized spacial score (nSPS) is 45.2. The first-order chi connectivity index (χ1) is 7.73. The first-order valence-corrected chi connectivity index (χ1v) is 6.70. The molecule has 1 heterocycles. The monoisotopic (exact) mass is 216 g/mol. The Hall–Kier alpha value is -0.790. The fraction of sp³-hybridized carbons (Fsp3) is 0.786. The van der Waals surface area contributed by atoms with Gasteiger partial charge in [0.25, 0.3) is 0 Å². The standard InChI is InChI=1S/C14H20N2/c1-15-2-3-16(10-15)14-7-11-4-12(8-14)6-13(5-11)9-14/h2-3,11-13H,4-9H2,1H3. The minimum absolute atomic E-state index is 0.454. The van der Waals surface area contributed by atoms with Gasteiger partial charge in [0.2, 0.25) is 6.33 Å². The van der Waals surface area contributed by atoms with Gasteiger partial charge in [0.15, 0.2) is 0 Å². The molecule has 0 aromatic carbocycles. The maximum absolute atomic E-state index is 3.47. The first-order valence-electron chi connectivity index (χ1n) is 6.70. The average Bonchev–Trinajstić information content (AvgIpc) is 2.63. The van der Waals surface area contributed by atoms with Gasteiger partial charge in [-0.1, -0.05) is 0 Å². The van der Waals surface area contributed by atoms with Gasteiger partial charge in [-0.25, -0.2) is 0 Å². The summed E-state index contributed by atoms with van der Waals surface area (Å²) in [4.78, 5) is 0. The van der Waals surface area contributed by atoms with Crippen LogP contribution < -0.4 is 4.57 Å². The Labute approximate surface area is 97.3 Å². The molecule has 2 nitrogen and oxygen atoms in total. The third kappa shape index (κ3) is 1.16. The van der Waals surface area contributed by atoms with Gasteiger partial charge in [-0.05, 0) is 68.7 Å². The van der Waals surface area contributed by atoms with Crippen molar-refractivity contribution in [1.29, 1.82) is 0 Å². The fourth-order valence-electron chi connectivity index (χ4n) is 5.03. The van der Waals surface area contributed by atoms with Gasteiger partial charge in [0, 0.05) is 0 Å². The Balaban J connectivity index is 1.76. The molecule has 5 rings (SSSR count). The number of hydrogen-bond acceptors (Lipinski definition) is 0. The summed E-state index contributed by atoms with van der Waals surface area (Å²) in [5.74, 6) is 3.06. The van der Waals surface area contributed by atoms with Crippen molar-refractivity contribution in [2.24, 2.45) is 24.8 Å². The van der Waals surface area contributed by atoms with Gasteiger partial charge >= 0.3 is 0 Å². The molecule has 1 aromatic heterocycles. The number of aromatic nitrogens is 2. The fourth-order valence-corrected chi connectivity index (χ4v) is 5.03. The van der Waals surface area contributed by atoms with Gasteiger partial charge in [-0.3, -0.25) is 0 Å². The van der Waals surface area contributed by atoms with E-state index in [1.165, 1.54) is 38.5 Å².